The Morgan fingerprint density at radius 1 is 0.909 bits per heavy atom. The summed E-state index contributed by atoms with van der Waals surface area (Å²) in [5.41, 5.74) is -0.0300. The highest BCUT2D eigenvalue weighted by Crippen LogP contribution is 2.41. The highest BCUT2D eigenvalue weighted by Gasteiger charge is 2.40. The Labute approximate surface area is 125 Å². The zero-order valence-corrected chi connectivity index (χ0v) is 11.9. The number of carbonyl (C=O) groups excluding carboxylic acids is 1. The molecule has 0 bridgehead atoms. The molecular formula is C16H13F3O3. The third kappa shape index (κ3) is 2.90. The Kier molecular flexibility index (Phi) is 4.40. The maximum absolute atomic E-state index is 12.8. The number of benzene rings is 2. The Morgan fingerprint density at radius 3 is 1.95 bits per heavy atom. The van der Waals surface area contributed by atoms with Crippen LogP contribution in [0.25, 0.3) is 11.1 Å². The van der Waals surface area contributed by atoms with Gasteiger partial charge in [-0.3, -0.25) is 4.79 Å². The minimum absolute atomic E-state index is 0.110. The topological polar surface area (TPSA) is 35.5 Å². The molecular weight excluding hydrogens is 297 g/mol. The first-order valence-corrected chi connectivity index (χ1v) is 6.32. The molecule has 2 aromatic carbocycles. The third-order valence-electron chi connectivity index (χ3n) is 3.13. The van der Waals surface area contributed by atoms with Crippen molar-refractivity contribution in [1.82, 2.24) is 0 Å². The quantitative estimate of drug-likeness (QED) is 0.797. The fraction of sp³-hybridized carbons (Fsp3) is 0.188. The molecule has 0 aliphatic rings. The zero-order valence-electron chi connectivity index (χ0n) is 11.9. The van der Waals surface area contributed by atoms with Crippen molar-refractivity contribution < 1.29 is 27.4 Å². The molecule has 0 aliphatic heterocycles. The monoisotopic (exact) mass is 310 g/mol. The van der Waals surface area contributed by atoms with Crippen molar-refractivity contribution >= 4 is 5.78 Å². The van der Waals surface area contributed by atoms with E-state index in [-0.39, 0.29) is 5.56 Å². The summed E-state index contributed by atoms with van der Waals surface area (Å²) in [6, 6.07) is 10.3. The second kappa shape index (κ2) is 6.09. The normalized spacial score (nSPS) is 11.1. The van der Waals surface area contributed by atoms with Crippen LogP contribution in [0.4, 0.5) is 13.2 Å². The lowest BCUT2D eigenvalue weighted by Gasteiger charge is -2.16. The van der Waals surface area contributed by atoms with Gasteiger partial charge in [0.05, 0.1) is 19.8 Å². The van der Waals surface area contributed by atoms with E-state index in [1.165, 1.54) is 26.4 Å². The van der Waals surface area contributed by atoms with Crippen molar-refractivity contribution in [3.8, 4) is 22.6 Å². The first-order valence-electron chi connectivity index (χ1n) is 6.32. The Balaban J connectivity index is 2.72. The van der Waals surface area contributed by atoms with Crippen LogP contribution in [-0.2, 0) is 0 Å². The molecule has 22 heavy (non-hydrogen) atoms. The van der Waals surface area contributed by atoms with Gasteiger partial charge in [0.25, 0.3) is 5.78 Å². The van der Waals surface area contributed by atoms with Gasteiger partial charge in [0, 0.05) is 11.1 Å². The second-order valence-electron chi connectivity index (χ2n) is 4.41. The van der Waals surface area contributed by atoms with Crippen LogP contribution in [0.2, 0.25) is 0 Å². The molecule has 0 unspecified atom stereocenters. The van der Waals surface area contributed by atoms with E-state index in [9.17, 15) is 18.0 Å². The Bertz CT molecular complexity index is 671. The van der Waals surface area contributed by atoms with Gasteiger partial charge in [-0.05, 0) is 12.1 Å². The Morgan fingerprint density at radius 2 is 1.45 bits per heavy atom. The van der Waals surface area contributed by atoms with E-state index in [0.29, 0.717) is 17.1 Å². The SMILES string of the molecule is COc1cccc(OC)c1-c1ccccc1C(=O)C(F)(F)F. The summed E-state index contributed by atoms with van der Waals surface area (Å²) in [7, 11) is 2.79. The molecule has 0 atom stereocenters. The van der Waals surface area contributed by atoms with Crippen LogP contribution >= 0.6 is 0 Å². The van der Waals surface area contributed by atoms with Gasteiger partial charge in [-0.1, -0.05) is 30.3 Å². The van der Waals surface area contributed by atoms with E-state index in [2.05, 4.69) is 0 Å². The first kappa shape index (κ1) is 15.9. The maximum atomic E-state index is 12.8. The number of ketones is 1. The van der Waals surface area contributed by atoms with Gasteiger partial charge in [0.2, 0.25) is 0 Å². The van der Waals surface area contributed by atoms with Crippen molar-refractivity contribution in [2.45, 2.75) is 6.18 Å². The highest BCUT2D eigenvalue weighted by atomic mass is 19.4. The van der Waals surface area contributed by atoms with Gasteiger partial charge >= 0.3 is 6.18 Å². The fourth-order valence-corrected chi connectivity index (χ4v) is 2.17. The molecule has 0 saturated heterocycles. The number of carbonyl (C=O) groups is 1. The van der Waals surface area contributed by atoms with Crippen LogP contribution in [0.3, 0.4) is 0 Å². The zero-order chi connectivity index (χ0) is 16.3. The second-order valence-corrected chi connectivity index (χ2v) is 4.41. The number of hydrogen-bond donors (Lipinski definition) is 0. The van der Waals surface area contributed by atoms with E-state index in [4.69, 9.17) is 9.47 Å². The molecule has 2 aromatic rings. The summed E-state index contributed by atoms with van der Waals surface area (Å²) in [5, 5.41) is 0. The van der Waals surface area contributed by atoms with Crippen LogP contribution in [0, 0.1) is 0 Å². The molecule has 0 aromatic heterocycles. The van der Waals surface area contributed by atoms with Crippen LogP contribution in [-0.4, -0.2) is 26.2 Å². The minimum Gasteiger partial charge on any atom is -0.496 e. The molecule has 2 rings (SSSR count). The molecule has 0 amide bonds. The Hall–Kier alpha value is -2.50. The van der Waals surface area contributed by atoms with Gasteiger partial charge in [0.1, 0.15) is 11.5 Å². The van der Waals surface area contributed by atoms with Gasteiger partial charge in [-0.2, -0.15) is 13.2 Å². The highest BCUT2D eigenvalue weighted by molar-refractivity contribution is 6.06. The summed E-state index contributed by atoms with van der Waals surface area (Å²) in [5.74, 6) is -1.26. The fourth-order valence-electron chi connectivity index (χ4n) is 2.17. The standard InChI is InChI=1S/C16H13F3O3/c1-21-12-8-5-9-13(22-2)14(12)10-6-3-4-7-11(10)15(20)16(17,18)19/h3-9H,1-2H3. The molecule has 3 nitrogen and oxygen atoms in total. The number of halogens is 3. The van der Waals surface area contributed by atoms with Gasteiger partial charge in [-0.25, -0.2) is 0 Å². The van der Waals surface area contributed by atoms with E-state index in [0.717, 1.165) is 6.07 Å². The van der Waals surface area contributed by atoms with Crippen LogP contribution < -0.4 is 9.47 Å². The van der Waals surface area contributed by atoms with Crippen molar-refractivity contribution in [2.75, 3.05) is 14.2 Å². The number of Topliss-reactive ketones (excluding diaryl/α,β-unsaturated/α-hetero) is 1. The number of hydrogen-bond acceptors (Lipinski definition) is 3. The lowest BCUT2D eigenvalue weighted by Crippen LogP contribution is -2.23. The number of alkyl halides is 3. The van der Waals surface area contributed by atoms with E-state index >= 15 is 0 Å². The lowest BCUT2D eigenvalue weighted by molar-refractivity contribution is -0.0884. The molecule has 0 heterocycles. The van der Waals surface area contributed by atoms with Gasteiger partial charge < -0.3 is 9.47 Å². The predicted molar refractivity (Wildman–Crippen MR) is 75.4 cm³/mol. The average molecular weight is 310 g/mol. The van der Waals surface area contributed by atoms with Gasteiger partial charge in [-0.15, -0.1) is 0 Å². The van der Waals surface area contributed by atoms with Crippen molar-refractivity contribution in [3.05, 3.63) is 48.0 Å². The number of ether oxygens (including phenoxy) is 2. The average Bonchev–Trinajstić information content (AvgIpc) is 2.52. The molecule has 0 aliphatic carbocycles. The molecule has 0 spiro atoms. The summed E-state index contributed by atoms with van der Waals surface area (Å²) in [6.45, 7) is 0. The smallest absolute Gasteiger partial charge is 0.454 e. The molecule has 6 heteroatoms. The first-order chi connectivity index (χ1) is 10.4. The summed E-state index contributed by atoms with van der Waals surface area (Å²) >= 11 is 0. The lowest BCUT2D eigenvalue weighted by atomic mass is 9.95. The minimum atomic E-state index is -4.95. The molecule has 116 valence electrons. The van der Waals surface area contributed by atoms with E-state index < -0.39 is 17.5 Å². The summed E-state index contributed by atoms with van der Waals surface area (Å²) in [6.07, 6.45) is -4.95. The molecule has 0 fully saturated rings. The summed E-state index contributed by atoms with van der Waals surface area (Å²) in [4.78, 5) is 11.7. The molecule has 0 N–H and O–H groups in total. The molecule has 0 radical (unpaired) electrons. The van der Waals surface area contributed by atoms with E-state index in [1.54, 1.807) is 24.3 Å². The van der Waals surface area contributed by atoms with E-state index in [1.807, 2.05) is 0 Å². The predicted octanol–water partition coefficient (Wildman–Crippen LogP) is 4.12. The van der Waals surface area contributed by atoms with Crippen LogP contribution in [0.5, 0.6) is 11.5 Å². The van der Waals surface area contributed by atoms with Crippen molar-refractivity contribution in [2.24, 2.45) is 0 Å². The largest absolute Gasteiger partial charge is 0.496 e. The van der Waals surface area contributed by atoms with Crippen LogP contribution in [0.15, 0.2) is 42.5 Å². The third-order valence-corrected chi connectivity index (χ3v) is 3.13. The summed E-state index contributed by atoms with van der Waals surface area (Å²) < 4.78 is 48.7. The van der Waals surface area contributed by atoms with Gasteiger partial charge in [0.15, 0.2) is 0 Å². The van der Waals surface area contributed by atoms with Crippen LogP contribution in [0.1, 0.15) is 10.4 Å². The maximum Gasteiger partial charge on any atom is 0.454 e. The number of rotatable bonds is 4. The number of methoxy groups -OCH3 is 2. The molecule has 0 saturated carbocycles. The van der Waals surface area contributed by atoms with Crippen molar-refractivity contribution in [1.29, 1.82) is 0 Å². The van der Waals surface area contributed by atoms with Crippen molar-refractivity contribution in [3.63, 3.8) is 0 Å².